The van der Waals surface area contributed by atoms with Crippen LogP contribution in [-0.2, 0) is 4.79 Å². The molecule has 104 valence electrons. The molecule has 0 fully saturated rings. The van der Waals surface area contributed by atoms with Crippen molar-refractivity contribution in [3.8, 4) is 0 Å². The van der Waals surface area contributed by atoms with Crippen LogP contribution in [0.2, 0.25) is 0 Å². The molecule has 0 aliphatic carbocycles. The molecule has 3 heteroatoms. The van der Waals surface area contributed by atoms with E-state index in [9.17, 15) is 9.18 Å². The van der Waals surface area contributed by atoms with Gasteiger partial charge in [0.2, 0.25) is 5.91 Å². The van der Waals surface area contributed by atoms with Gasteiger partial charge in [0.1, 0.15) is 5.82 Å². The smallest absolute Gasteiger partial charge is 0.224 e. The standard InChI is InChI=1S/C17H18FNO/c1-12-8-9-15(18)11-16(12)19-17(20)10-13(2)14-6-4-3-5-7-14/h3-9,11,13H,10H2,1-2H3,(H,19,20)/t13-/m0/s1. The lowest BCUT2D eigenvalue weighted by atomic mass is 9.97. The molecular weight excluding hydrogens is 253 g/mol. The van der Waals surface area contributed by atoms with E-state index in [0.717, 1.165) is 11.1 Å². The van der Waals surface area contributed by atoms with Gasteiger partial charge in [-0.15, -0.1) is 0 Å². The number of carbonyl (C=O) groups excluding carboxylic acids is 1. The van der Waals surface area contributed by atoms with Gasteiger partial charge in [-0.2, -0.15) is 0 Å². The summed E-state index contributed by atoms with van der Waals surface area (Å²) in [6, 6.07) is 14.3. The van der Waals surface area contributed by atoms with Gasteiger partial charge in [0.05, 0.1) is 0 Å². The molecule has 2 rings (SSSR count). The second-order valence-corrected chi connectivity index (χ2v) is 5.02. The third-order valence-corrected chi connectivity index (χ3v) is 3.33. The van der Waals surface area contributed by atoms with Gasteiger partial charge in [-0.3, -0.25) is 4.79 Å². The van der Waals surface area contributed by atoms with E-state index in [4.69, 9.17) is 0 Å². The molecule has 1 atom stereocenters. The van der Waals surface area contributed by atoms with Gasteiger partial charge in [0.15, 0.2) is 0 Å². The average molecular weight is 271 g/mol. The maximum Gasteiger partial charge on any atom is 0.224 e. The van der Waals surface area contributed by atoms with Crippen molar-refractivity contribution in [3.63, 3.8) is 0 Å². The molecule has 2 nitrogen and oxygen atoms in total. The molecule has 0 aliphatic rings. The van der Waals surface area contributed by atoms with Gasteiger partial charge in [-0.25, -0.2) is 4.39 Å². The summed E-state index contributed by atoms with van der Waals surface area (Å²) in [7, 11) is 0. The van der Waals surface area contributed by atoms with E-state index in [-0.39, 0.29) is 17.6 Å². The fraction of sp³-hybridized carbons (Fsp3) is 0.235. The van der Waals surface area contributed by atoms with E-state index in [1.807, 2.05) is 44.2 Å². The Bertz CT molecular complexity index is 595. The quantitative estimate of drug-likeness (QED) is 0.884. The number of anilines is 1. The number of carbonyl (C=O) groups is 1. The Morgan fingerprint density at radius 1 is 1.20 bits per heavy atom. The van der Waals surface area contributed by atoms with Crippen LogP contribution in [0.4, 0.5) is 10.1 Å². The molecule has 1 amide bonds. The highest BCUT2D eigenvalue weighted by Crippen LogP contribution is 2.21. The molecule has 0 spiro atoms. The molecule has 1 N–H and O–H groups in total. The highest BCUT2D eigenvalue weighted by molar-refractivity contribution is 5.91. The normalized spacial score (nSPS) is 11.9. The van der Waals surface area contributed by atoms with E-state index in [1.54, 1.807) is 6.07 Å². The van der Waals surface area contributed by atoms with Crippen LogP contribution in [-0.4, -0.2) is 5.91 Å². The third-order valence-electron chi connectivity index (χ3n) is 3.33. The Morgan fingerprint density at radius 3 is 2.60 bits per heavy atom. The van der Waals surface area contributed by atoms with Gasteiger partial charge in [0.25, 0.3) is 0 Å². The molecule has 2 aromatic rings. The lowest BCUT2D eigenvalue weighted by molar-refractivity contribution is -0.116. The monoisotopic (exact) mass is 271 g/mol. The van der Waals surface area contributed by atoms with E-state index >= 15 is 0 Å². The summed E-state index contributed by atoms with van der Waals surface area (Å²) in [5.74, 6) is -0.317. The lowest BCUT2D eigenvalue weighted by Crippen LogP contribution is -2.15. The van der Waals surface area contributed by atoms with Crippen molar-refractivity contribution in [1.29, 1.82) is 0 Å². The van der Waals surface area contributed by atoms with Crippen LogP contribution in [0.5, 0.6) is 0 Å². The first-order chi connectivity index (χ1) is 9.56. The largest absolute Gasteiger partial charge is 0.326 e. The fourth-order valence-electron chi connectivity index (χ4n) is 2.11. The predicted molar refractivity (Wildman–Crippen MR) is 79.2 cm³/mol. The first-order valence-corrected chi connectivity index (χ1v) is 6.67. The minimum absolute atomic E-state index is 0.102. The van der Waals surface area contributed by atoms with Gasteiger partial charge in [-0.05, 0) is 36.1 Å². The second kappa shape index (κ2) is 6.33. The Hall–Kier alpha value is -2.16. The number of hydrogen-bond donors (Lipinski definition) is 1. The van der Waals surface area contributed by atoms with Crippen molar-refractivity contribution in [3.05, 3.63) is 65.5 Å². The van der Waals surface area contributed by atoms with Gasteiger partial charge >= 0.3 is 0 Å². The summed E-state index contributed by atoms with van der Waals surface area (Å²) in [4.78, 5) is 12.0. The second-order valence-electron chi connectivity index (χ2n) is 5.02. The van der Waals surface area contributed by atoms with Crippen molar-refractivity contribution in [1.82, 2.24) is 0 Å². The van der Waals surface area contributed by atoms with Crippen LogP contribution in [0.3, 0.4) is 0 Å². The zero-order valence-corrected chi connectivity index (χ0v) is 11.7. The Labute approximate surface area is 118 Å². The number of benzene rings is 2. The highest BCUT2D eigenvalue weighted by atomic mass is 19.1. The first-order valence-electron chi connectivity index (χ1n) is 6.67. The zero-order valence-electron chi connectivity index (χ0n) is 11.7. The Kier molecular flexibility index (Phi) is 4.51. The molecule has 0 saturated carbocycles. The molecular formula is C17H18FNO. The molecule has 0 aromatic heterocycles. The predicted octanol–water partition coefficient (Wildman–Crippen LogP) is 4.27. The van der Waals surface area contributed by atoms with Crippen molar-refractivity contribution >= 4 is 11.6 Å². The first kappa shape index (κ1) is 14.3. The van der Waals surface area contributed by atoms with E-state index in [2.05, 4.69) is 5.32 Å². The molecule has 0 bridgehead atoms. The van der Waals surface area contributed by atoms with Crippen molar-refractivity contribution in [2.24, 2.45) is 0 Å². The number of hydrogen-bond acceptors (Lipinski definition) is 1. The summed E-state index contributed by atoms with van der Waals surface area (Å²) in [5.41, 5.74) is 2.51. The van der Waals surface area contributed by atoms with Crippen LogP contribution in [0.1, 0.15) is 30.4 Å². The molecule has 20 heavy (non-hydrogen) atoms. The van der Waals surface area contributed by atoms with Gasteiger partial charge < -0.3 is 5.32 Å². The van der Waals surface area contributed by atoms with Gasteiger partial charge in [0, 0.05) is 12.1 Å². The summed E-state index contributed by atoms with van der Waals surface area (Å²) in [6.07, 6.45) is 0.375. The number of nitrogens with one attached hydrogen (secondary N) is 1. The number of aryl methyl sites for hydroxylation is 1. The highest BCUT2D eigenvalue weighted by Gasteiger charge is 2.12. The number of amides is 1. The van der Waals surface area contributed by atoms with Crippen LogP contribution in [0, 0.1) is 12.7 Å². The molecule has 0 saturated heterocycles. The minimum Gasteiger partial charge on any atom is -0.326 e. The van der Waals surface area contributed by atoms with Crippen molar-refractivity contribution in [2.45, 2.75) is 26.2 Å². The molecule has 0 heterocycles. The SMILES string of the molecule is Cc1ccc(F)cc1NC(=O)C[C@H](C)c1ccccc1. The third kappa shape index (κ3) is 3.67. The number of rotatable bonds is 4. The summed E-state index contributed by atoms with van der Waals surface area (Å²) >= 11 is 0. The number of halogens is 1. The minimum atomic E-state index is -0.345. The average Bonchev–Trinajstić information content (AvgIpc) is 2.43. The molecule has 2 aromatic carbocycles. The Morgan fingerprint density at radius 2 is 1.90 bits per heavy atom. The zero-order chi connectivity index (χ0) is 14.5. The molecule has 0 radical (unpaired) electrons. The van der Waals surface area contributed by atoms with Crippen molar-refractivity contribution < 1.29 is 9.18 Å². The summed E-state index contributed by atoms with van der Waals surface area (Å²) in [5, 5.41) is 2.77. The fourth-order valence-corrected chi connectivity index (χ4v) is 2.11. The van der Waals surface area contributed by atoms with Crippen LogP contribution in [0.25, 0.3) is 0 Å². The summed E-state index contributed by atoms with van der Waals surface area (Å²) in [6.45, 7) is 3.85. The molecule has 0 aliphatic heterocycles. The van der Waals surface area contributed by atoms with E-state index in [0.29, 0.717) is 12.1 Å². The van der Waals surface area contributed by atoms with Gasteiger partial charge in [-0.1, -0.05) is 43.3 Å². The maximum absolute atomic E-state index is 13.2. The summed E-state index contributed by atoms with van der Waals surface area (Å²) < 4.78 is 13.2. The molecule has 0 unspecified atom stereocenters. The van der Waals surface area contributed by atoms with Crippen molar-refractivity contribution in [2.75, 3.05) is 5.32 Å². The van der Waals surface area contributed by atoms with Crippen LogP contribution < -0.4 is 5.32 Å². The Balaban J connectivity index is 2.01. The maximum atomic E-state index is 13.2. The van der Waals surface area contributed by atoms with Crippen LogP contribution >= 0.6 is 0 Å². The lowest BCUT2D eigenvalue weighted by Gasteiger charge is -2.13. The topological polar surface area (TPSA) is 29.1 Å². The van der Waals surface area contributed by atoms with Crippen LogP contribution in [0.15, 0.2) is 48.5 Å². The van der Waals surface area contributed by atoms with E-state index in [1.165, 1.54) is 12.1 Å². The van der Waals surface area contributed by atoms with E-state index < -0.39 is 0 Å².